The Bertz CT molecular complexity index is 747. The van der Waals surface area contributed by atoms with Crippen molar-refractivity contribution in [2.24, 2.45) is 5.92 Å². The number of aromatic hydroxyl groups is 2. The number of hydrogen-bond donors (Lipinski definition) is 3. The van der Waals surface area contributed by atoms with Crippen molar-refractivity contribution < 1.29 is 15.3 Å². The van der Waals surface area contributed by atoms with Gasteiger partial charge in [-0.05, 0) is 73.6 Å². The number of phenolic OH excluding ortho intramolecular Hbond substituents is 2. The zero-order chi connectivity index (χ0) is 21.7. The predicted molar refractivity (Wildman–Crippen MR) is 124 cm³/mol. The molecule has 1 unspecified atom stereocenters. The van der Waals surface area contributed by atoms with Crippen LogP contribution in [0.15, 0.2) is 35.9 Å². The summed E-state index contributed by atoms with van der Waals surface area (Å²) < 4.78 is 0. The highest BCUT2D eigenvalue weighted by Crippen LogP contribution is 2.51. The number of hydrogen-bond acceptors (Lipinski definition) is 3. The fourth-order valence-corrected chi connectivity index (χ4v) is 5.84. The van der Waals surface area contributed by atoms with Crippen LogP contribution >= 0.6 is 0 Å². The first-order valence-electron chi connectivity index (χ1n) is 11.9. The minimum absolute atomic E-state index is 0.0277. The fraction of sp³-hybridized carbons (Fsp3) is 0.630. The Kier molecular flexibility index (Phi) is 7.68. The van der Waals surface area contributed by atoms with Gasteiger partial charge in [0.1, 0.15) is 11.5 Å². The number of benzene rings is 1. The molecule has 2 atom stereocenters. The molecule has 3 nitrogen and oxygen atoms in total. The number of rotatable bonds is 9. The maximum absolute atomic E-state index is 11.1. The second-order valence-corrected chi connectivity index (χ2v) is 9.73. The molecule has 0 bridgehead atoms. The first kappa shape index (κ1) is 22.9. The SMILES string of the molecule is C=C(C)C1CCC(CO)=C[C@@H]1c1c(O)cc(C2(CCCCCC)CCCC2)cc1O. The maximum Gasteiger partial charge on any atom is 0.123 e. The highest BCUT2D eigenvalue weighted by Gasteiger charge is 2.37. The van der Waals surface area contributed by atoms with Crippen molar-refractivity contribution in [1.29, 1.82) is 0 Å². The van der Waals surface area contributed by atoms with E-state index in [-0.39, 0.29) is 35.4 Å². The predicted octanol–water partition coefficient (Wildman–Crippen LogP) is 6.87. The fourth-order valence-electron chi connectivity index (χ4n) is 5.84. The van der Waals surface area contributed by atoms with Crippen molar-refractivity contribution in [3.63, 3.8) is 0 Å². The summed E-state index contributed by atoms with van der Waals surface area (Å²) in [5, 5.41) is 31.8. The Morgan fingerprint density at radius 1 is 1.10 bits per heavy atom. The Morgan fingerprint density at radius 2 is 1.77 bits per heavy atom. The van der Waals surface area contributed by atoms with Gasteiger partial charge in [-0.2, -0.15) is 0 Å². The molecule has 0 heterocycles. The van der Waals surface area contributed by atoms with Crippen LogP contribution in [0.25, 0.3) is 0 Å². The lowest BCUT2D eigenvalue weighted by Crippen LogP contribution is -2.23. The van der Waals surface area contributed by atoms with E-state index in [4.69, 9.17) is 0 Å². The molecule has 166 valence electrons. The summed E-state index contributed by atoms with van der Waals surface area (Å²) in [7, 11) is 0. The summed E-state index contributed by atoms with van der Waals surface area (Å²) >= 11 is 0. The molecule has 0 aliphatic heterocycles. The van der Waals surface area contributed by atoms with E-state index in [1.807, 2.05) is 25.1 Å². The molecule has 0 aromatic heterocycles. The first-order valence-corrected chi connectivity index (χ1v) is 11.9. The zero-order valence-corrected chi connectivity index (χ0v) is 18.9. The van der Waals surface area contributed by atoms with Crippen LogP contribution in [0.1, 0.15) is 102 Å². The van der Waals surface area contributed by atoms with Gasteiger partial charge in [0, 0.05) is 11.5 Å². The molecular formula is C27H40O3. The van der Waals surface area contributed by atoms with Crippen LogP contribution in [-0.4, -0.2) is 21.9 Å². The van der Waals surface area contributed by atoms with Crippen LogP contribution in [0.5, 0.6) is 11.5 Å². The zero-order valence-electron chi connectivity index (χ0n) is 18.9. The van der Waals surface area contributed by atoms with E-state index in [1.54, 1.807) is 0 Å². The van der Waals surface area contributed by atoms with Crippen molar-refractivity contribution in [3.05, 3.63) is 47.1 Å². The van der Waals surface area contributed by atoms with Gasteiger partial charge in [-0.3, -0.25) is 0 Å². The molecule has 1 aromatic rings. The van der Waals surface area contributed by atoms with Crippen molar-refractivity contribution in [1.82, 2.24) is 0 Å². The summed E-state index contributed by atoms with van der Waals surface area (Å²) in [5.41, 5.74) is 3.82. The lowest BCUT2D eigenvalue weighted by atomic mass is 9.71. The molecule has 0 spiro atoms. The molecular weight excluding hydrogens is 372 g/mol. The number of aliphatic hydroxyl groups excluding tert-OH is 1. The molecule has 0 radical (unpaired) electrons. The second kappa shape index (κ2) is 10.0. The van der Waals surface area contributed by atoms with Gasteiger partial charge in [-0.25, -0.2) is 0 Å². The van der Waals surface area contributed by atoms with E-state index >= 15 is 0 Å². The summed E-state index contributed by atoms with van der Waals surface area (Å²) in [4.78, 5) is 0. The Balaban J connectivity index is 1.95. The summed E-state index contributed by atoms with van der Waals surface area (Å²) in [6.07, 6.45) is 14.6. The van der Waals surface area contributed by atoms with Gasteiger partial charge < -0.3 is 15.3 Å². The van der Waals surface area contributed by atoms with Crippen LogP contribution in [0, 0.1) is 5.92 Å². The van der Waals surface area contributed by atoms with E-state index in [0.29, 0.717) is 5.56 Å². The van der Waals surface area contributed by atoms with Crippen molar-refractivity contribution in [2.45, 2.75) is 95.8 Å². The molecule has 0 saturated heterocycles. The van der Waals surface area contributed by atoms with Gasteiger partial charge in [0.25, 0.3) is 0 Å². The average molecular weight is 413 g/mol. The van der Waals surface area contributed by atoms with Crippen molar-refractivity contribution in [2.75, 3.05) is 6.61 Å². The standard InChI is InChI=1S/C27H40O3/c1-4-5-6-7-12-27(13-8-9-14-27)21-16-24(29)26(25(30)17-21)23-15-20(18-28)10-11-22(23)19(2)3/h15-17,22-23,28-30H,2,4-14,18H2,1,3H3/t22?,23-/m0/s1. The van der Waals surface area contributed by atoms with Crippen LogP contribution in [0.3, 0.4) is 0 Å². The minimum Gasteiger partial charge on any atom is -0.507 e. The van der Waals surface area contributed by atoms with Gasteiger partial charge in [-0.15, -0.1) is 0 Å². The molecule has 3 heteroatoms. The molecule has 3 rings (SSSR count). The van der Waals surface area contributed by atoms with Crippen LogP contribution < -0.4 is 0 Å². The largest absolute Gasteiger partial charge is 0.507 e. The van der Waals surface area contributed by atoms with Gasteiger partial charge in [0.05, 0.1) is 6.61 Å². The van der Waals surface area contributed by atoms with Crippen molar-refractivity contribution in [3.8, 4) is 11.5 Å². The van der Waals surface area contributed by atoms with Gasteiger partial charge in [0.2, 0.25) is 0 Å². The Hall–Kier alpha value is -1.74. The summed E-state index contributed by atoms with van der Waals surface area (Å²) in [5.74, 6) is 0.405. The third-order valence-electron chi connectivity index (χ3n) is 7.61. The smallest absolute Gasteiger partial charge is 0.123 e. The molecule has 1 fully saturated rings. The molecule has 2 aliphatic rings. The Labute approximate surface area is 182 Å². The van der Waals surface area contributed by atoms with Gasteiger partial charge in [-0.1, -0.05) is 63.7 Å². The summed E-state index contributed by atoms with van der Waals surface area (Å²) in [6, 6.07) is 3.85. The molecule has 30 heavy (non-hydrogen) atoms. The van der Waals surface area contributed by atoms with Gasteiger partial charge >= 0.3 is 0 Å². The van der Waals surface area contributed by atoms with E-state index in [1.165, 1.54) is 38.5 Å². The third-order valence-corrected chi connectivity index (χ3v) is 7.61. The first-order chi connectivity index (χ1) is 14.4. The normalized spacial score (nSPS) is 23.4. The lowest BCUT2D eigenvalue weighted by Gasteiger charge is -2.34. The summed E-state index contributed by atoms with van der Waals surface area (Å²) in [6.45, 7) is 8.43. The molecule has 3 N–H and O–H groups in total. The maximum atomic E-state index is 11.1. The van der Waals surface area contributed by atoms with E-state index < -0.39 is 0 Å². The second-order valence-electron chi connectivity index (χ2n) is 9.73. The highest BCUT2D eigenvalue weighted by molar-refractivity contribution is 5.53. The molecule has 2 aliphatic carbocycles. The van der Waals surface area contributed by atoms with E-state index in [2.05, 4.69) is 13.5 Å². The topological polar surface area (TPSA) is 60.7 Å². The molecule has 1 saturated carbocycles. The number of allylic oxidation sites excluding steroid dienone is 2. The Morgan fingerprint density at radius 3 is 2.33 bits per heavy atom. The van der Waals surface area contributed by atoms with Crippen LogP contribution in [-0.2, 0) is 5.41 Å². The highest BCUT2D eigenvalue weighted by atomic mass is 16.3. The monoisotopic (exact) mass is 412 g/mol. The van der Waals surface area contributed by atoms with Crippen LogP contribution in [0.4, 0.5) is 0 Å². The van der Waals surface area contributed by atoms with Crippen molar-refractivity contribution >= 4 is 0 Å². The third kappa shape index (κ3) is 4.77. The van der Waals surface area contributed by atoms with Gasteiger partial charge in [0.15, 0.2) is 0 Å². The van der Waals surface area contributed by atoms with Crippen LogP contribution in [0.2, 0.25) is 0 Å². The molecule has 0 amide bonds. The number of aliphatic hydroxyl groups is 1. The average Bonchev–Trinajstić information content (AvgIpc) is 3.20. The van der Waals surface area contributed by atoms with E-state index in [0.717, 1.165) is 48.8 Å². The minimum atomic E-state index is -0.142. The lowest BCUT2D eigenvalue weighted by molar-refractivity contribution is 0.314. The van der Waals surface area contributed by atoms with E-state index in [9.17, 15) is 15.3 Å². The number of phenols is 2. The quantitative estimate of drug-likeness (QED) is 0.306. The number of unbranched alkanes of at least 4 members (excludes halogenated alkanes) is 3. The molecule has 1 aromatic carbocycles.